The van der Waals surface area contributed by atoms with E-state index in [1.165, 1.54) is 10.8 Å². The molecular formula is C29H27Cl3N8O2. The summed E-state index contributed by atoms with van der Waals surface area (Å²) in [6, 6.07) is 10.7. The van der Waals surface area contributed by atoms with Crippen molar-refractivity contribution in [3.05, 3.63) is 102 Å². The smallest absolute Gasteiger partial charge is 0.328 e. The monoisotopic (exact) mass is 624 g/mol. The van der Waals surface area contributed by atoms with Gasteiger partial charge in [0.1, 0.15) is 0 Å². The summed E-state index contributed by atoms with van der Waals surface area (Å²) in [7, 11) is 0. The number of rotatable bonds is 6. The number of pyridine rings is 1. The van der Waals surface area contributed by atoms with Crippen LogP contribution in [0.1, 0.15) is 42.9 Å². The standard InChI is InChI=1S/C29H27Cl3N8O2/c1-16-8-22(13-34-12-16)40-28(41)36-27(38(29(40)42)14-17-9-19(30)2-7-23(17)31)35-26-10-18-15-39(37-25(18)11-24(26)32)21-5-3-20(33)4-6-21/h2,7-13,15,20-21H,3-6,14,33H2,1H3,(H,35,36,41)/t20-,21-. The minimum atomic E-state index is -0.774. The molecule has 1 fully saturated rings. The van der Waals surface area contributed by atoms with Crippen molar-refractivity contribution in [2.45, 2.75) is 51.2 Å². The van der Waals surface area contributed by atoms with Crippen molar-refractivity contribution >= 4 is 57.3 Å². The molecule has 0 unspecified atom stereocenters. The lowest BCUT2D eigenvalue weighted by atomic mass is 9.92. The summed E-state index contributed by atoms with van der Waals surface area (Å²) in [5.74, 6) is -0.00665. The third-order valence-electron chi connectivity index (χ3n) is 7.50. The SMILES string of the molecule is Cc1cncc(-n2c(=O)nc(Nc3cc4cn([C@H]5CC[C@H](N)CC5)nc4cc3Cl)n(Cc3cc(Cl)ccc3Cl)c2=O)c1. The normalized spacial score (nSPS) is 17.1. The molecule has 0 bridgehead atoms. The first kappa shape index (κ1) is 28.4. The number of aryl methyl sites for hydroxylation is 1. The van der Waals surface area contributed by atoms with Crippen molar-refractivity contribution in [1.82, 2.24) is 28.9 Å². The summed E-state index contributed by atoms with van der Waals surface area (Å²) in [6.45, 7) is 1.80. The van der Waals surface area contributed by atoms with Gasteiger partial charge in [-0.05, 0) is 80.1 Å². The third kappa shape index (κ3) is 5.67. The molecule has 0 saturated heterocycles. The number of nitrogens with two attached hydrogens (primary N) is 1. The van der Waals surface area contributed by atoms with Crippen LogP contribution in [0.3, 0.4) is 0 Å². The Labute approximate surface area is 255 Å². The molecule has 10 nitrogen and oxygen atoms in total. The van der Waals surface area contributed by atoms with E-state index in [1.54, 1.807) is 36.5 Å². The second-order valence-corrected chi connectivity index (χ2v) is 11.8. The molecule has 0 amide bonds. The molecule has 0 radical (unpaired) electrons. The summed E-state index contributed by atoms with van der Waals surface area (Å²) in [6.07, 6.45) is 8.88. The number of anilines is 2. The molecule has 1 aliphatic rings. The Balaban J connectivity index is 1.44. The van der Waals surface area contributed by atoms with Crippen molar-refractivity contribution in [2.75, 3.05) is 5.32 Å². The molecule has 216 valence electrons. The van der Waals surface area contributed by atoms with E-state index in [1.807, 2.05) is 23.9 Å². The molecule has 13 heteroatoms. The zero-order valence-electron chi connectivity index (χ0n) is 22.6. The van der Waals surface area contributed by atoms with E-state index in [2.05, 4.69) is 15.3 Å². The molecular weight excluding hydrogens is 599 g/mol. The number of halogens is 3. The highest BCUT2D eigenvalue weighted by Crippen LogP contribution is 2.33. The fourth-order valence-electron chi connectivity index (χ4n) is 5.28. The van der Waals surface area contributed by atoms with Crippen molar-refractivity contribution in [2.24, 2.45) is 5.73 Å². The Kier molecular flexibility index (Phi) is 7.80. The predicted molar refractivity (Wildman–Crippen MR) is 166 cm³/mol. The number of hydrogen-bond acceptors (Lipinski definition) is 7. The first-order valence-electron chi connectivity index (χ1n) is 13.5. The number of aromatic nitrogens is 6. The van der Waals surface area contributed by atoms with Gasteiger partial charge in [-0.1, -0.05) is 34.8 Å². The second kappa shape index (κ2) is 11.5. The molecule has 0 spiro atoms. The molecule has 3 heterocycles. The van der Waals surface area contributed by atoms with E-state index in [9.17, 15) is 9.59 Å². The van der Waals surface area contributed by atoms with E-state index in [-0.39, 0.29) is 24.6 Å². The van der Waals surface area contributed by atoms with Gasteiger partial charge in [0.25, 0.3) is 0 Å². The van der Waals surface area contributed by atoms with Gasteiger partial charge in [-0.15, -0.1) is 0 Å². The van der Waals surface area contributed by atoms with Crippen molar-refractivity contribution in [3.63, 3.8) is 0 Å². The van der Waals surface area contributed by atoms with Gasteiger partial charge < -0.3 is 11.1 Å². The van der Waals surface area contributed by atoms with Crippen LogP contribution in [-0.4, -0.2) is 34.9 Å². The second-order valence-electron chi connectivity index (χ2n) is 10.6. The van der Waals surface area contributed by atoms with Gasteiger partial charge >= 0.3 is 11.4 Å². The van der Waals surface area contributed by atoms with Crippen molar-refractivity contribution in [3.8, 4) is 5.69 Å². The summed E-state index contributed by atoms with van der Waals surface area (Å²) in [5, 5.41) is 9.92. The topological polar surface area (TPSA) is 126 Å². The summed E-state index contributed by atoms with van der Waals surface area (Å²) in [5.41, 5.74) is 7.51. The quantitative estimate of drug-likeness (QED) is 0.250. The Morgan fingerprint density at radius 2 is 1.79 bits per heavy atom. The minimum absolute atomic E-state index is 0.00665. The maximum Gasteiger partial charge on any atom is 0.359 e. The molecule has 42 heavy (non-hydrogen) atoms. The molecule has 3 N–H and O–H groups in total. The zero-order chi connectivity index (χ0) is 29.5. The molecule has 0 atom stereocenters. The first-order valence-corrected chi connectivity index (χ1v) is 14.6. The lowest BCUT2D eigenvalue weighted by Crippen LogP contribution is -2.41. The molecule has 6 rings (SSSR count). The van der Waals surface area contributed by atoms with Crippen LogP contribution in [0.15, 0.2) is 64.6 Å². The van der Waals surface area contributed by atoms with Crippen LogP contribution < -0.4 is 22.4 Å². The number of fused-ring (bicyclic) bond motifs is 1. The Bertz CT molecular complexity index is 1930. The van der Waals surface area contributed by atoms with E-state index >= 15 is 0 Å². The Hall–Kier alpha value is -3.70. The van der Waals surface area contributed by atoms with Crippen LogP contribution >= 0.6 is 34.8 Å². The van der Waals surface area contributed by atoms with Crippen LogP contribution in [0.5, 0.6) is 0 Å². The molecule has 5 aromatic rings. The zero-order valence-corrected chi connectivity index (χ0v) is 24.9. The number of nitrogens with one attached hydrogen (secondary N) is 1. The van der Waals surface area contributed by atoms with Gasteiger partial charge in [0.05, 0.1) is 40.7 Å². The molecule has 2 aromatic carbocycles. The number of benzene rings is 2. The van der Waals surface area contributed by atoms with Crippen LogP contribution in [0.25, 0.3) is 16.6 Å². The fourth-order valence-corrected chi connectivity index (χ4v) is 5.86. The average Bonchev–Trinajstić information content (AvgIpc) is 3.36. The molecule has 0 aliphatic heterocycles. The predicted octanol–water partition coefficient (Wildman–Crippen LogP) is 5.64. The molecule has 1 saturated carbocycles. The highest BCUT2D eigenvalue weighted by Gasteiger charge is 2.22. The number of nitrogens with zero attached hydrogens (tertiary/aromatic N) is 6. The van der Waals surface area contributed by atoms with Crippen LogP contribution in [0.4, 0.5) is 11.6 Å². The summed E-state index contributed by atoms with van der Waals surface area (Å²) < 4.78 is 4.26. The van der Waals surface area contributed by atoms with Gasteiger partial charge in [-0.3, -0.25) is 14.2 Å². The van der Waals surface area contributed by atoms with E-state index in [0.717, 1.165) is 46.7 Å². The highest BCUT2D eigenvalue weighted by atomic mass is 35.5. The lowest BCUT2D eigenvalue weighted by Gasteiger charge is -2.26. The van der Waals surface area contributed by atoms with E-state index < -0.39 is 11.4 Å². The minimum Gasteiger partial charge on any atom is -0.328 e. The third-order valence-corrected chi connectivity index (χ3v) is 8.42. The summed E-state index contributed by atoms with van der Waals surface area (Å²) in [4.78, 5) is 35.5. The molecule has 3 aromatic heterocycles. The van der Waals surface area contributed by atoms with Crippen LogP contribution in [0.2, 0.25) is 15.1 Å². The number of hydrogen-bond donors (Lipinski definition) is 2. The van der Waals surface area contributed by atoms with Gasteiger partial charge in [0.15, 0.2) is 0 Å². The Morgan fingerprint density at radius 1 is 1.00 bits per heavy atom. The maximum absolute atomic E-state index is 13.9. The molecule has 1 aliphatic carbocycles. The van der Waals surface area contributed by atoms with Crippen molar-refractivity contribution < 1.29 is 0 Å². The van der Waals surface area contributed by atoms with Crippen LogP contribution in [0, 0.1) is 6.92 Å². The van der Waals surface area contributed by atoms with Gasteiger partial charge in [0, 0.05) is 33.9 Å². The Morgan fingerprint density at radius 3 is 2.55 bits per heavy atom. The fraction of sp³-hybridized carbons (Fsp3) is 0.276. The maximum atomic E-state index is 13.9. The van der Waals surface area contributed by atoms with Crippen molar-refractivity contribution in [1.29, 1.82) is 0 Å². The van der Waals surface area contributed by atoms with Crippen LogP contribution in [-0.2, 0) is 6.54 Å². The van der Waals surface area contributed by atoms with Gasteiger partial charge in [-0.2, -0.15) is 10.1 Å². The lowest BCUT2D eigenvalue weighted by molar-refractivity contribution is 0.305. The summed E-state index contributed by atoms with van der Waals surface area (Å²) >= 11 is 19.4. The van der Waals surface area contributed by atoms with E-state index in [4.69, 9.17) is 45.6 Å². The first-order chi connectivity index (χ1) is 20.2. The highest BCUT2D eigenvalue weighted by molar-refractivity contribution is 6.34. The van der Waals surface area contributed by atoms with E-state index in [0.29, 0.717) is 32.0 Å². The largest absolute Gasteiger partial charge is 0.359 e. The van der Waals surface area contributed by atoms with Gasteiger partial charge in [0.2, 0.25) is 5.95 Å². The van der Waals surface area contributed by atoms with Gasteiger partial charge in [-0.25, -0.2) is 14.2 Å². The average molecular weight is 626 g/mol.